The fourth-order valence-corrected chi connectivity index (χ4v) is 8.63. The largest absolute Gasteiger partial charge is 0.345 e. The van der Waals surface area contributed by atoms with Gasteiger partial charge in [0.25, 0.3) is 20.0 Å². The van der Waals surface area contributed by atoms with Gasteiger partial charge in [0.2, 0.25) is 0 Å². The Kier molecular flexibility index (Phi) is 9.18. The van der Waals surface area contributed by atoms with E-state index in [9.17, 15) is 21.6 Å². The molecule has 46 heavy (non-hydrogen) atoms. The molecular formula is C35H36N4O5S2. The molecule has 4 aromatic carbocycles. The Hall–Kier alpha value is -4.74. The van der Waals surface area contributed by atoms with Gasteiger partial charge in [-0.05, 0) is 88.6 Å². The zero-order valence-electron chi connectivity index (χ0n) is 26.4. The Balaban J connectivity index is 1.34. The lowest BCUT2D eigenvalue weighted by Gasteiger charge is -2.23. The summed E-state index contributed by atoms with van der Waals surface area (Å²) in [5, 5.41) is 7.26. The summed E-state index contributed by atoms with van der Waals surface area (Å²) in [5.41, 5.74) is 8.58. The topological polar surface area (TPSA) is 118 Å². The molecule has 2 amide bonds. The van der Waals surface area contributed by atoms with E-state index in [1.165, 1.54) is 29.8 Å². The Bertz CT molecular complexity index is 2010. The van der Waals surface area contributed by atoms with Gasteiger partial charge in [0.1, 0.15) is 0 Å². The monoisotopic (exact) mass is 656 g/mol. The van der Waals surface area contributed by atoms with Crippen molar-refractivity contribution in [2.75, 3.05) is 6.54 Å². The second kappa shape index (κ2) is 12.9. The van der Waals surface area contributed by atoms with Crippen molar-refractivity contribution >= 4 is 26.1 Å². The van der Waals surface area contributed by atoms with E-state index in [-0.39, 0.29) is 20.0 Å². The summed E-state index contributed by atoms with van der Waals surface area (Å²) in [7, 11) is -9.54. The predicted molar refractivity (Wildman–Crippen MR) is 179 cm³/mol. The lowest BCUT2D eigenvalue weighted by atomic mass is 10.0. The number of carbonyl (C=O) groups is 1. The number of amides is 2. The molecule has 0 unspecified atom stereocenters. The highest BCUT2D eigenvalue weighted by Gasteiger charge is 2.41. The quantitative estimate of drug-likeness (QED) is 0.196. The van der Waals surface area contributed by atoms with E-state index in [0.29, 0.717) is 6.42 Å². The average molecular weight is 657 g/mol. The molecule has 9 nitrogen and oxygen atoms in total. The number of nitrogens with one attached hydrogen (secondary N) is 1. The molecule has 5 aromatic rings. The molecule has 11 heteroatoms. The number of aromatic nitrogens is 2. The molecule has 0 bridgehead atoms. The fraction of sp³-hybridized carbons (Fsp3) is 0.200. The van der Waals surface area contributed by atoms with E-state index in [0.717, 1.165) is 44.9 Å². The van der Waals surface area contributed by atoms with E-state index in [1.54, 1.807) is 38.1 Å². The van der Waals surface area contributed by atoms with Gasteiger partial charge in [-0.2, -0.15) is 21.9 Å². The second-order valence-corrected chi connectivity index (χ2v) is 15.1. The third-order valence-corrected chi connectivity index (χ3v) is 11.9. The number of benzene rings is 4. The molecule has 0 fully saturated rings. The zero-order valence-corrected chi connectivity index (χ0v) is 28.0. The fourth-order valence-electron chi connectivity index (χ4n) is 5.17. The molecule has 0 saturated carbocycles. The van der Waals surface area contributed by atoms with Gasteiger partial charge in [0.05, 0.1) is 21.2 Å². The number of aryl methyl sites for hydroxylation is 4. The van der Waals surface area contributed by atoms with Gasteiger partial charge in [-0.25, -0.2) is 9.48 Å². The van der Waals surface area contributed by atoms with Gasteiger partial charge in [-0.1, -0.05) is 77.4 Å². The Morgan fingerprint density at radius 2 is 1.13 bits per heavy atom. The highest BCUT2D eigenvalue weighted by molar-refractivity contribution is 8.04. The third-order valence-electron chi connectivity index (χ3n) is 7.74. The Morgan fingerprint density at radius 1 is 0.674 bits per heavy atom. The van der Waals surface area contributed by atoms with Crippen LogP contribution in [0.25, 0.3) is 16.8 Å². The summed E-state index contributed by atoms with van der Waals surface area (Å²) in [6.07, 6.45) is 0.334. The lowest BCUT2D eigenvalue weighted by Crippen LogP contribution is -2.47. The number of urea groups is 1. The average Bonchev–Trinajstić information content (AvgIpc) is 3.31. The van der Waals surface area contributed by atoms with Crippen LogP contribution in [0.2, 0.25) is 0 Å². The first-order valence-corrected chi connectivity index (χ1v) is 17.6. The standard InChI is InChI=1S/C35H36N4O5S2/c1-24-6-14-30(15-7-24)34-27(4)37-38(28(34)5)31-16-12-29(13-17-31)22-23-36-35(40)39(45(41,42)32-18-8-25(2)9-19-32)46(43,44)33-20-10-26(3)11-21-33/h6-21H,22-23H2,1-5H3,(H,36,40). The summed E-state index contributed by atoms with van der Waals surface area (Å²) < 4.78 is 56.3. The summed E-state index contributed by atoms with van der Waals surface area (Å²) in [5.74, 6) is 0. The maximum Gasteiger partial charge on any atom is 0.345 e. The number of hydrogen-bond acceptors (Lipinski definition) is 6. The van der Waals surface area contributed by atoms with Crippen LogP contribution < -0.4 is 5.32 Å². The van der Waals surface area contributed by atoms with Crippen molar-refractivity contribution in [3.05, 3.63) is 131 Å². The minimum absolute atomic E-state index is 0.000999. The summed E-state index contributed by atoms with van der Waals surface area (Å²) in [6.45, 7) is 9.61. The van der Waals surface area contributed by atoms with Crippen LogP contribution in [0.4, 0.5) is 4.79 Å². The first-order chi connectivity index (χ1) is 21.8. The first-order valence-electron chi connectivity index (χ1n) is 14.7. The molecule has 0 aliphatic heterocycles. The maximum absolute atomic E-state index is 13.6. The number of rotatable bonds is 9. The van der Waals surface area contributed by atoms with Crippen molar-refractivity contribution in [3.8, 4) is 16.8 Å². The highest BCUT2D eigenvalue weighted by Crippen LogP contribution is 2.29. The predicted octanol–water partition coefficient (Wildman–Crippen LogP) is 6.41. The van der Waals surface area contributed by atoms with E-state index < -0.39 is 26.1 Å². The number of nitrogens with zero attached hydrogens (tertiary/aromatic N) is 3. The second-order valence-electron chi connectivity index (χ2n) is 11.3. The number of carbonyl (C=O) groups excluding carboxylic acids is 1. The molecule has 238 valence electrons. The minimum atomic E-state index is -4.77. The van der Waals surface area contributed by atoms with Crippen molar-refractivity contribution in [3.63, 3.8) is 0 Å². The lowest BCUT2D eigenvalue weighted by molar-refractivity contribution is 0.235. The van der Waals surface area contributed by atoms with Crippen LogP contribution in [-0.2, 0) is 26.5 Å². The van der Waals surface area contributed by atoms with E-state index in [2.05, 4.69) is 36.5 Å². The Morgan fingerprint density at radius 3 is 1.61 bits per heavy atom. The van der Waals surface area contributed by atoms with Crippen LogP contribution in [0.1, 0.15) is 33.6 Å². The number of hydrogen-bond donors (Lipinski definition) is 1. The molecule has 1 heterocycles. The summed E-state index contributed by atoms with van der Waals surface area (Å²) in [4.78, 5) is 12.8. The van der Waals surface area contributed by atoms with Gasteiger partial charge >= 0.3 is 6.03 Å². The third kappa shape index (κ3) is 6.61. The summed E-state index contributed by atoms with van der Waals surface area (Å²) in [6, 6.07) is 26.0. The Labute approximate surface area is 270 Å². The van der Waals surface area contributed by atoms with E-state index >= 15 is 0 Å². The van der Waals surface area contributed by atoms with E-state index in [4.69, 9.17) is 5.10 Å². The van der Waals surface area contributed by atoms with Crippen LogP contribution in [0.15, 0.2) is 107 Å². The molecule has 0 radical (unpaired) electrons. The van der Waals surface area contributed by atoms with Crippen molar-refractivity contribution < 1.29 is 21.6 Å². The van der Waals surface area contributed by atoms with Crippen LogP contribution in [0.5, 0.6) is 0 Å². The molecule has 1 N–H and O–H groups in total. The number of sulfonamides is 2. The summed E-state index contributed by atoms with van der Waals surface area (Å²) >= 11 is 0. The van der Waals surface area contributed by atoms with Crippen molar-refractivity contribution in [2.45, 2.75) is 50.8 Å². The molecule has 0 atom stereocenters. The maximum atomic E-state index is 13.6. The zero-order chi connectivity index (χ0) is 33.2. The van der Waals surface area contributed by atoms with E-state index in [1.807, 2.05) is 42.8 Å². The van der Waals surface area contributed by atoms with Crippen molar-refractivity contribution in [1.29, 1.82) is 0 Å². The molecular weight excluding hydrogens is 621 g/mol. The first kappa shape index (κ1) is 32.6. The highest BCUT2D eigenvalue weighted by atomic mass is 32.3. The van der Waals surface area contributed by atoms with Gasteiger partial charge in [-0.3, -0.25) is 0 Å². The molecule has 0 spiro atoms. The van der Waals surface area contributed by atoms with Crippen molar-refractivity contribution in [1.82, 2.24) is 18.8 Å². The van der Waals surface area contributed by atoms with Crippen molar-refractivity contribution in [2.24, 2.45) is 0 Å². The molecule has 0 aliphatic rings. The van der Waals surface area contributed by atoms with Gasteiger partial charge < -0.3 is 5.32 Å². The van der Waals surface area contributed by atoms with Gasteiger partial charge in [0, 0.05) is 17.8 Å². The molecule has 0 aliphatic carbocycles. The smallest absolute Gasteiger partial charge is 0.336 e. The van der Waals surface area contributed by atoms with Crippen LogP contribution >= 0.6 is 0 Å². The van der Waals surface area contributed by atoms with Crippen LogP contribution in [-0.4, -0.2) is 42.9 Å². The molecule has 1 aromatic heterocycles. The molecule has 5 rings (SSSR count). The van der Waals surface area contributed by atoms with Gasteiger partial charge in [-0.15, -0.1) is 3.71 Å². The minimum Gasteiger partial charge on any atom is -0.336 e. The van der Waals surface area contributed by atoms with Gasteiger partial charge in [0.15, 0.2) is 0 Å². The SMILES string of the molecule is Cc1ccc(-c2c(C)nn(-c3ccc(CCNC(=O)N(S(=O)(=O)c4ccc(C)cc4)S(=O)(=O)c4ccc(C)cc4)cc3)c2C)cc1. The molecule has 0 saturated heterocycles. The van der Waals surface area contributed by atoms with Crippen LogP contribution in [0.3, 0.4) is 0 Å². The van der Waals surface area contributed by atoms with Crippen LogP contribution in [0, 0.1) is 34.6 Å². The normalized spacial score (nSPS) is 11.8.